The number of carboxylic acids is 1. The molecule has 3 aliphatic carbocycles. The molecule has 697 valence electrons. The normalized spacial score (nSPS) is 17.1. The second-order valence-corrected chi connectivity index (χ2v) is 39.3. The number of benzene rings is 5. The third-order valence-corrected chi connectivity index (χ3v) is 29.8. The van der Waals surface area contributed by atoms with Gasteiger partial charge in [0.15, 0.2) is 0 Å². The molecule has 7 fully saturated rings. The van der Waals surface area contributed by atoms with E-state index in [2.05, 4.69) is 82.3 Å². The van der Waals surface area contributed by atoms with Gasteiger partial charge in [0.05, 0.1) is 86.4 Å². The number of amides is 2. The summed E-state index contributed by atoms with van der Waals surface area (Å²) in [5.74, 6) is -1.96. The highest BCUT2D eigenvalue weighted by Gasteiger charge is 2.36. The van der Waals surface area contributed by atoms with Gasteiger partial charge in [-0.1, -0.05) is 146 Å². The second-order valence-electron chi connectivity index (χ2n) is 30.6. The SMILES string of the molecule is C.C.C1CCOC1.C=C(C(=O)OC)P(=O)(OC)OC.COC(=O)C1=Cc2ccccc2-c2c(C3CCCCC3)c3ccc(C(=O)NS(=O)(=O)N4CCOCC4)cc3n2C1.NS(=O)(=O)N1CCOCC1.O=C(NS(=O)(=O)N1CCOCC1)c1ccc2c(C3CCCCC3)c(Br)[nH]c2c1.O=C(O)c1ccc2c(C3CCCCC3)c(Br)[nH]c2c1.O=Cc1ccccc1B(O)O.[B]. The van der Waals surface area contributed by atoms with Crippen molar-refractivity contribution in [1.29, 1.82) is 0 Å². The van der Waals surface area contributed by atoms with Crippen LogP contribution in [0.25, 0.3) is 50.0 Å². The van der Waals surface area contributed by atoms with Crippen LogP contribution in [0.1, 0.15) is 205 Å². The molecule has 16 rings (SSSR count). The molecule has 8 heterocycles. The lowest BCUT2D eigenvalue weighted by Gasteiger charge is -2.25. The summed E-state index contributed by atoms with van der Waals surface area (Å²) < 4.78 is 134. The number of nitrogens with one attached hydrogen (secondary N) is 4. The molecule has 0 atom stereocenters. The standard InChI is InChI=1S/C30H33N3O6S.C19H24BrN3O4S.C15H16BrNO2.C7H7BO3.C6H11O5P.C4H10N2O3S.C4H8O.2CH4.B/c1-38-30(35)23-17-21-9-5-6-10-24(21)28-27(20-7-3-2-4-8-20)25-12-11-22(18-26(25)33(28)19-23)29(34)31-40(36,37)32-13-15-39-16-14-32;20-18-17(13-4-2-1-3-5-13)15-7-6-14(12-16(15)21-18)19(24)22-28(25,26)23-8-10-27-11-9-23;16-14-13(9-4-2-1-3-5-9)11-7-6-10(15(18)19)8-12(11)17-14;9-5-6-3-1-2-4-7(6)8(10)11;1-5(6(7)9-2)12(8,10-3)11-4;5-10(7,8)6-1-3-9-4-2-6;1-2-4-5-3-1;;;/h5-6,9-12,17-18,20H,2-4,7-8,13-16,19H2,1H3,(H,31,34);6-7,12-13,21H,1-5,8-11H2,(H,22,24);6-9,17H,1-5H2,(H,18,19);1-5,10-11H;1H2,2-4H3;1-4H2,(H2,5,7,8);1-4H2;2*1H4;. The van der Waals surface area contributed by atoms with Crippen molar-refractivity contribution in [2.24, 2.45) is 5.14 Å². The molecule has 3 radical (unpaired) electrons. The molecule has 0 bridgehead atoms. The lowest BCUT2D eigenvalue weighted by Crippen LogP contribution is -2.48. The molecular formula is C87H117B2Br2N9O24PS3. The summed E-state index contributed by atoms with van der Waals surface area (Å²) in [6.07, 6.45) is 23.2. The van der Waals surface area contributed by atoms with Crippen LogP contribution in [0.3, 0.4) is 0 Å². The molecule has 8 aromatic rings. The van der Waals surface area contributed by atoms with Gasteiger partial charge in [0.1, 0.15) is 11.6 Å². The van der Waals surface area contributed by atoms with E-state index < -0.39 is 75.1 Å². The number of aromatic carboxylic acids is 1. The minimum absolute atomic E-state index is 0. The summed E-state index contributed by atoms with van der Waals surface area (Å²) in [4.78, 5) is 77.4. The summed E-state index contributed by atoms with van der Waals surface area (Å²) in [5.41, 5.74) is 11.3. The first-order chi connectivity index (χ1) is 59.9. The van der Waals surface area contributed by atoms with E-state index in [4.69, 9.17) is 44.0 Å². The van der Waals surface area contributed by atoms with Gasteiger partial charge in [-0.25, -0.2) is 29.0 Å². The zero-order valence-electron chi connectivity index (χ0n) is 70.9. The van der Waals surface area contributed by atoms with Gasteiger partial charge in [-0.15, -0.1) is 0 Å². The van der Waals surface area contributed by atoms with Crippen LogP contribution in [0.5, 0.6) is 0 Å². The zero-order chi connectivity index (χ0) is 90.2. The number of nitrogens with zero attached hydrogens (tertiary/aromatic N) is 4. The van der Waals surface area contributed by atoms with Crippen LogP contribution >= 0.6 is 39.5 Å². The van der Waals surface area contributed by atoms with E-state index in [1.165, 1.54) is 147 Å². The number of hydrogen-bond acceptors (Lipinski definition) is 23. The molecule has 33 nitrogen and oxygen atoms in total. The number of H-pyrrole nitrogens is 2. The van der Waals surface area contributed by atoms with Gasteiger partial charge in [-0.3, -0.25) is 18.9 Å². The van der Waals surface area contributed by atoms with Crippen LogP contribution in [0.2, 0.25) is 0 Å². The third-order valence-electron chi connectivity index (χ3n) is 22.7. The number of carbonyl (C=O) groups excluding carboxylic acids is 5. The largest absolute Gasteiger partial charge is 0.489 e. The van der Waals surface area contributed by atoms with Crippen LogP contribution in [-0.4, -0.2) is 240 Å². The average Bonchev–Trinajstić information content (AvgIpc) is 1.57. The number of esters is 2. The number of morpholine rings is 3. The lowest BCUT2D eigenvalue weighted by atomic mass is 9.77. The van der Waals surface area contributed by atoms with E-state index in [0.717, 1.165) is 105 Å². The molecule has 3 aromatic heterocycles. The zero-order valence-corrected chi connectivity index (χ0v) is 77.4. The molecule has 5 aromatic carbocycles. The average molecular weight is 1980 g/mol. The molecule has 9 N–H and O–H groups in total. The van der Waals surface area contributed by atoms with Gasteiger partial charge in [0.2, 0.25) is 0 Å². The fourth-order valence-corrected chi connectivity index (χ4v) is 21.5. The molecular weight excluding hydrogens is 1860 g/mol. The van der Waals surface area contributed by atoms with Crippen LogP contribution in [0.15, 0.2) is 130 Å². The molecule has 5 aliphatic heterocycles. The summed E-state index contributed by atoms with van der Waals surface area (Å²) in [6, 6.07) is 30.4. The molecule has 4 saturated heterocycles. The molecule has 0 spiro atoms. The first-order valence-electron chi connectivity index (χ1n) is 41.4. The first-order valence-corrected chi connectivity index (χ1v) is 48.9. The summed E-state index contributed by atoms with van der Waals surface area (Å²) >= 11 is 7.24. The quantitative estimate of drug-likeness (QED) is 0.0130. The van der Waals surface area contributed by atoms with E-state index in [1.807, 2.05) is 42.5 Å². The van der Waals surface area contributed by atoms with Crippen LogP contribution in [0.4, 0.5) is 0 Å². The fourth-order valence-electron chi connectivity index (χ4n) is 16.2. The number of hydrogen-bond donors (Lipinski definition) is 8. The van der Waals surface area contributed by atoms with E-state index >= 15 is 0 Å². The number of halogens is 2. The minimum Gasteiger partial charge on any atom is -0.478 e. The van der Waals surface area contributed by atoms with Gasteiger partial charge in [0.25, 0.3) is 22.0 Å². The molecule has 3 saturated carbocycles. The van der Waals surface area contributed by atoms with Crippen LogP contribution in [0, 0.1) is 0 Å². The number of aromatic amines is 2. The van der Waals surface area contributed by atoms with Gasteiger partial charge in [-0.2, -0.15) is 38.2 Å². The topological polar surface area (TPSA) is 453 Å². The van der Waals surface area contributed by atoms with Crippen molar-refractivity contribution in [3.05, 3.63) is 174 Å². The smallest absolute Gasteiger partial charge is 0.478 e. The maximum atomic E-state index is 13.3. The number of aldehydes is 1. The Balaban J connectivity index is 0.000000222. The second kappa shape index (κ2) is 50.5. The Kier molecular flexibility index (Phi) is 42.2. The Morgan fingerprint density at radius 2 is 0.969 bits per heavy atom. The van der Waals surface area contributed by atoms with E-state index in [1.54, 1.807) is 48.5 Å². The number of carbonyl (C=O) groups is 6. The number of fused-ring (bicyclic) bond motifs is 7. The Hall–Kier alpha value is -8.09. The molecule has 41 heteroatoms. The summed E-state index contributed by atoms with van der Waals surface area (Å²) in [6.45, 7) is 9.29. The minimum atomic E-state index is -4.01. The first kappa shape index (κ1) is 107. The van der Waals surface area contributed by atoms with Crippen molar-refractivity contribution in [2.75, 3.05) is 121 Å². The Morgan fingerprint density at radius 1 is 0.555 bits per heavy atom. The van der Waals surface area contributed by atoms with E-state index in [9.17, 15) is 58.6 Å². The number of aromatic nitrogens is 3. The predicted octanol–water partition coefficient (Wildman–Crippen LogP) is 12.7. The maximum Gasteiger partial charge on any atom is 0.489 e. The maximum absolute atomic E-state index is 13.3. The van der Waals surface area contributed by atoms with Crippen molar-refractivity contribution in [3.63, 3.8) is 0 Å². The van der Waals surface area contributed by atoms with Crippen LogP contribution in [-0.2, 0) is 88.8 Å². The molecule has 8 aliphatic rings. The lowest BCUT2D eigenvalue weighted by molar-refractivity contribution is -0.136. The Morgan fingerprint density at radius 3 is 1.38 bits per heavy atom. The van der Waals surface area contributed by atoms with Gasteiger partial charge in [0, 0.05) is 130 Å². The van der Waals surface area contributed by atoms with Crippen molar-refractivity contribution in [2.45, 2.75) is 148 Å². The highest BCUT2D eigenvalue weighted by molar-refractivity contribution is 9.10. The fraction of sp³-hybridized carbons (Fsp3) is 0.471. The molecule has 128 heavy (non-hydrogen) atoms. The Bertz CT molecular complexity index is 5550. The number of ether oxygens (including phenoxy) is 6. The summed E-state index contributed by atoms with van der Waals surface area (Å²) in [7, 11) is -11.6. The molecule has 2 amide bonds. The Labute approximate surface area is 768 Å². The highest BCUT2D eigenvalue weighted by Crippen LogP contribution is 2.54. The number of nitrogens with two attached hydrogens (primary N) is 1. The van der Waals surface area contributed by atoms with Gasteiger partial charge in [-0.05, 0) is 171 Å². The summed E-state index contributed by atoms with van der Waals surface area (Å²) in [5, 5.41) is 34.3. The third kappa shape index (κ3) is 28.0. The number of carboxylic acid groups (broad SMARTS) is 1. The van der Waals surface area contributed by atoms with Crippen LogP contribution < -0.4 is 20.0 Å². The highest BCUT2D eigenvalue weighted by atomic mass is 79.9. The van der Waals surface area contributed by atoms with E-state index in [0.29, 0.717) is 99.0 Å². The van der Waals surface area contributed by atoms with Crippen molar-refractivity contribution < 1.29 is 111 Å². The van der Waals surface area contributed by atoms with E-state index in [-0.39, 0.29) is 72.3 Å². The van der Waals surface area contributed by atoms with Crippen molar-refractivity contribution in [3.8, 4) is 11.3 Å². The predicted molar refractivity (Wildman–Crippen MR) is 501 cm³/mol. The van der Waals surface area contributed by atoms with Gasteiger partial charge >= 0.3 is 53.0 Å². The molecule has 0 unspecified atom stereocenters. The number of rotatable bonds is 18. The van der Waals surface area contributed by atoms with Crippen molar-refractivity contribution >= 4 is 166 Å². The van der Waals surface area contributed by atoms with Gasteiger partial charge < -0.3 is 67.2 Å². The van der Waals surface area contributed by atoms with Crippen molar-refractivity contribution in [1.82, 2.24) is 36.9 Å². The number of methoxy groups -OCH3 is 2. The monoisotopic (exact) mass is 1980 g/mol.